The van der Waals surface area contributed by atoms with Crippen molar-refractivity contribution in [3.63, 3.8) is 0 Å². The minimum atomic E-state index is -0.928. The third-order valence-electron chi connectivity index (χ3n) is 12.7. The molecule has 0 fully saturated rings. The highest BCUT2D eigenvalue weighted by molar-refractivity contribution is 6.31. The molecule has 2 amide bonds. The number of rotatable bonds is 16. The summed E-state index contributed by atoms with van der Waals surface area (Å²) in [6.45, 7) is 3.95. The van der Waals surface area contributed by atoms with Crippen molar-refractivity contribution in [2.75, 3.05) is 26.3 Å². The summed E-state index contributed by atoms with van der Waals surface area (Å²) in [7, 11) is 0. The van der Waals surface area contributed by atoms with Gasteiger partial charge in [0.1, 0.15) is 11.5 Å². The van der Waals surface area contributed by atoms with Crippen LogP contribution in [0, 0.1) is 13.8 Å². The largest absolute Gasteiger partial charge is 0.482 e. The number of amides is 2. The summed E-state index contributed by atoms with van der Waals surface area (Å²) in [5.74, 6) is -1.18. The molecule has 0 N–H and O–H groups in total. The lowest BCUT2D eigenvalue weighted by Crippen LogP contribution is -2.40. The van der Waals surface area contributed by atoms with Crippen LogP contribution in [-0.4, -0.2) is 59.9 Å². The van der Waals surface area contributed by atoms with E-state index in [0.29, 0.717) is 84.3 Å². The van der Waals surface area contributed by atoms with Gasteiger partial charge in [0.25, 0.3) is 0 Å². The molecule has 2 atom stereocenters. The van der Waals surface area contributed by atoms with Crippen molar-refractivity contribution in [1.82, 2.24) is 9.80 Å². The van der Waals surface area contributed by atoms with Crippen molar-refractivity contribution in [2.45, 2.75) is 77.3 Å². The molecule has 8 rings (SSSR count). The van der Waals surface area contributed by atoms with Crippen molar-refractivity contribution in [2.24, 2.45) is 0 Å². The fourth-order valence-electron chi connectivity index (χ4n) is 9.45. The monoisotopic (exact) mass is 936 g/mol. The smallest absolute Gasteiger partial charge is 0.351 e. The highest BCUT2D eigenvalue weighted by atomic mass is 35.5. The molecule has 11 heteroatoms. The van der Waals surface area contributed by atoms with Gasteiger partial charge in [-0.25, -0.2) is 9.59 Å². The van der Waals surface area contributed by atoms with E-state index >= 15 is 0 Å². The van der Waals surface area contributed by atoms with Crippen LogP contribution in [0.15, 0.2) is 133 Å². The Hall–Kier alpha value is -6.42. The normalized spacial score (nSPS) is 15.3. The van der Waals surface area contributed by atoms with Crippen LogP contribution in [0.5, 0.6) is 11.5 Å². The average Bonchev–Trinajstić information content (AvgIpc) is 3.33. The number of esters is 2. The first kappa shape index (κ1) is 47.1. The lowest BCUT2D eigenvalue weighted by atomic mass is 9.87. The number of ether oxygens (including phenoxy) is 3. The maximum Gasteiger partial charge on any atom is 0.351 e. The molecule has 0 aromatic heterocycles. The number of aryl methyl sites for hydroxylation is 4. The molecule has 2 unspecified atom stereocenters. The fraction of sp³-hybridized carbons (Fsp3) is 0.286. The molecule has 0 saturated heterocycles. The second-order valence-corrected chi connectivity index (χ2v) is 18.2. The van der Waals surface area contributed by atoms with Gasteiger partial charge in [0, 0.05) is 47.1 Å². The van der Waals surface area contributed by atoms with Gasteiger partial charge in [-0.1, -0.05) is 126 Å². The van der Waals surface area contributed by atoms with Gasteiger partial charge >= 0.3 is 11.9 Å². The highest BCUT2D eigenvalue weighted by Gasteiger charge is 2.36. The molecular weight excluding hydrogens is 884 g/mol. The summed E-state index contributed by atoms with van der Waals surface area (Å²) in [4.78, 5) is 58.3. The van der Waals surface area contributed by atoms with Crippen molar-refractivity contribution < 1.29 is 33.4 Å². The molecule has 67 heavy (non-hydrogen) atoms. The van der Waals surface area contributed by atoms with E-state index in [1.165, 1.54) is 22.3 Å². The van der Waals surface area contributed by atoms with Crippen molar-refractivity contribution in [3.8, 4) is 11.5 Å². The topological polar surface area (TPSA) is 102 Å². The van der Waals surface area contributed by atoms with E-state index in [2.05, 4.69) is 56.3 Å². The van der Waals surface area contributed by atoms with E-state index in [1.807, 2.05) is 64.4 Å². The maximum absolute atomic E-state index is 14.0. The summed E-state index contributed by atoms with van der Waals surface area (Å²) in [6.07, 6.45) is 5.06. The number of benzene rings is 6. The van der Waals surface area contributed by atoms with Gasteiger partial charge in [0.15, 0.2) is 13.2 Å². The van der Waals surface area contributed by atoms with E-state index in [-0.39, 0.29) is 11.8 Å². The molecular formula is C56H54Cl2N2O7. The van der Waals surface area contributed by atoms with Gasteiger partial charge in [-0.15, -0.1) is 0 Å². The van der Waals surface area contributed by atoms with Crippen LogP contribution in [0.4, 0.5) is 0 Å². The van der Waals surface area contributed by atoms with Crippen LogP contribution in [0.3, 0.4) is 0 Å². The molecule has 2 aliphatic rings. The first-order chi connectivity index (χ1) is 32.5. The van der Waals surface area contributed by atoms with E-state index in [9.17, 15) is 19.2 Å². The quantitative estimate of drug-likeness (QED) is 0.0703. The van der Waals surface area contributed by atoms with Gasteiger partial charge in [0.05, 0.1) is 12.1 Å². The first-order valence-electron chi connectivity index (χ1n) is 22.9. The molecule has 344 valence electrons. The summed E-state index contributed by atoms with van der Waals surface area (Å²) in [5.41, 5.74) is 10.2. The Labute approximate surface area is 402 Å². The van der Waals surface area contributed by atoms with Crippen LogP contribution in [0.25, 0.3) is 0 Å². The summed E-state index contributed by atoms with van der Waals surface area (Å²) in [6, 6.07) is 41.6. The molecule has 0 saturated carbocycles. The lowest BCUT2D eigenvalue weighted by Gasteiger charge is -2.38. The first-order valence-corrected chi connectivity index (χ1v) is 23.7. The fourth-order valence-corrected chi connectivity index (χ4v) is 9.81. The molecule has 0 bridgehead atoms. The van der Waals surface area contributed by atoms with Gasteiger partial charge in [0.2, 0.25) is 11.8 Å². The predicted molar refractivity (Wildman–Crippen MR) is 261 cm³/mol. The van der Waals surface area contributed by atoms with E-state index in [1.54, 1.807) is 36.4 Å². The number of carbonyl (C=O) groups is 4. The Morgan fingerprint density at radius 2 is 1.06 bits per heavy atom. The predicted octanol–water partition coefficient (Wildman–Crippen LogP) is 11.1. The van der Waals surface area contributed by atoms with Gasteiger partial charge < -0.3 is 24.0 Å². The Bertz CT molecular complexity index is 2770. The minimum absolute atomic E-state index is 0.00725. The lowest BCUT2D eigenvalue weighted by molar-refractivity contribution is -0.162. The van der Waals surface area contributed by atoms with E-state index < -0.39 is 37.2 Å². The van der Waals surface area contributed by atoms with Crippen molar-refractivity contribution in [1.29, 1.82) is 0 Å². The van der Waals surface area contributed by atoms with Crippen LogP contribution in [-0.2, 0) is 49.6 Å². The Kier molecular flexibility index (Phi) is 15.4. The molecule has 0 radical (unpaired) electrons. The zero-order valence-electron chi connectivity index (χ0n) is 37.8. The second-order valence-electron chi connectivity index (χ2n) is 17.3. The highest BCUT2D eigenvalue weighted by Crippen LogP contribution is 2.43. The maximum atomic E-state index is 14.0. The van der Waals surface area contributed by atoms with E-state index in [4.69, 9.17) is 37.4 Å². The molecule has 9 nitrogen and oxygen atoms in total. The molecule has 2 aliphatic heterocycles. The minimum Gasteiger partial charge on any atom is -0.482 e. The van der Waals surface area contributed by atoms with Gasteiger partial charge in [-0.3, -0.25) is 9.59 Å². The third kappa shape index (κ3) is 11.6. The summed E-state index contributed by atoms with van der Waals surface area (Å²) in [5, 5.41) is 0.882. The zero-order valence-corrected chi connectivity index (χ0v) is 39.4. The van der Waals surface area contributed by atoms with Crippen molar-refractivity contribution in [3.05, 3.63) is 199 Å². The number of halogens is 2. The third-order valence-corrected chi connectivity index (χ3v) is 13.2. The van der Waals surface area contributed by atoms with E-state index in [0.717, 1.165) is 35.1 Å². The number of hydrogen-bond donors (Lipinski definition) is 0. The Morgan fingerprint density at radius 1 is 0.552 bits per heavy atom. The van der Waals surface area contributed by atoms with Crippen LogP contribution >= 0.6 is 23.2 Å². The average molecular weight is 938 g/mol. The summed E-state index contributed by atoms with van der Waals surface area (Å²) < 4.78 is 17.4. The molecule has 0 spiro atoms. The van der Waals surface area contributed by atoms with Crippen LogP contribution in [0.1, 0.15) is 93.4 Å². The van der Waals surface area contributed by atoms with Gasteiger partial charge in [-0.2, -0.15) is 0 Å². The number of hydrogen-bond acceptors (Lipinski definition) is 7. The number of carbonyl (C=O) groups excluding carboxylic acids is 4. The zero-order chi connectivity index (χ0) is 46.9. The number of nitrogens with zero attached hydrogens (tertiary/aromatic N) is 2. The van der Waals surface area contributed by atoms with Crippen LogP contribution < -0.4 is 9.47 Å². The molecule has 6 aromatic rings. The summed E-state index contributed by atoms with van der Waals surface area (Å²) >= 11 is 13.2. The second kappa shape index (κ2) is 21.9. The van der Waals surface area contributed by atoms with Gasteiger partial charge in [-0.05, 0) is 128 Å². The Balaban J connectivity index is 0.934. The molecule has 0 aliphatic carbocycles. The van der Waals surface area contributed by atoms with Crippen molar-refractivity contribution >= 4 is 47.0 Å². The molecule has 6 aromatic carbocycles. The van der Waals surface area contributed by atoms with Crippen LogP contribution in [0.2, 0.25) is 10.0 Å². The molecule has 2 heterocycles. The SMILES string of the molecule is Cc1cccc(CCCC(=O)N2CCc3ccccc3C2c2cc(Cl)ccc2OCC(=O)OC(=O)COc2ccc(Cl)cc2C2c3ccccc3CCN2C(=O)CCCc2ccccc2C)c1. The standard InChI is InChI=1S/C56H54Cl2N2O7/c1-37-12-9-14-39(32-37)15-10-22-51(61)59-30-28-41-17-5-7-20-45(41)55(59)47-33-43(57)24-26-49(47)65-35-53(63)67-54(64)36-66-50-27-25-44(58)34-48(50)56-46-21-8-6-18-42(46)29-31-60(56)52(62)23-11-19-40-16-4-3-13-38(40)2/h3-9,12-14,16-18,20-21,24-27,32-34,55-56H,10-11,15,19,22-23,28-31,35-36H2,1-2H3. The number of fused-ring (bicyclic) bond motifs is 2. The Morgan fingerprint density at radius 3 is 1.60 bits per heavy atom.